The van der Waals surface area contributed by atoms with Crippen LogP contribution in [0.3, 0.4) is 0 Å². The summed E-state index contributed by atoms with van der Waals surface area (Å²) in [5, 5.41) is 8.21. The van der Waals surface area contributed by atoms with E-state index in [2.05, 4.69) is 15.4 Å². The molecule has 0 bridgehead atoms. The molecule has 3 N–H and O–H groups in total. The lowest BCUT2D eigenvalue weighted by atomic mass is 10.2. The molecular weight excluding hydrogens is 430 g/mol. The maximum Gasteiger partial charge on any atom is 0.212 e. The fourth-order valence-corrected chi connectivity index (χ4v) is 4.53. The number of nitrogens with two attached hydrogens (primary N) is 1. The molecule has 162 valence electrons. The highest BCUT2D eigenvalue weighted by atomic mass is 35.5. The Morgan fingerprint density at radius 1 is 1.12 bits per heavy atom. The maximum atomic E-state index is 6.86. The van der Waals surface area contributed by atoms with E-state index in [9.17, 15) is 0 Å². The molecule has 1 unspecified atom stereocenters. The van der Waals surface area contributed by atoms with Crippen LogP contribution in [0.4, 0.5) is 5.95 Å². The SMILES string of the molecule is Cc1nn(-c2ccccc2)c(Cl)c1C1N=C(N)Nc2nc3cc4c(cc3n21)OCCCO4. The second-order valence-corrected chi connectivity index (χ2v) is 8.05. The van der Waals surface area contributed by atoms with E-state index >= 15 is 0 Å². The molecule has 4 heterocycles. The van der Waals surface area contributed by atoms with Crippen LogP contribution in [0.1, 0.15) is 23.8 Å². The summed E-state index contributed by atoms with van der Waals surface area (Å²) in [6, 6.07) is 13.6. The largest absolute Gasteiger partial charge is 0.489 e. The van der Waals surface area contributed by atoms with Crippen molar-refractivity contribution < 1.29 is 9.47 Å². The number of guanidine groups is 1. The summed E-state index contributed by atoms with van der Waals surface area (Å²) in [5.41, 5.74) is 10.1. The predicted octanol–water partition coefficient (Wildman–Crippen LogP) is 3.63. The number of para-hydroxylation sites is 1. The number of ether oxygens (including phenoxy) is 2. The first-order chi connectivity index (χ1) is 15.6. The highest BCUT2D eigenvalue weighted by Crippen LogP contribution is 2.41. The Morgan fingerprint density at radius 3 is 2.66 bits per heavy atom. The van der Waals surface area contributed by atoms with Crippen LogP contribution >= 0.6 is 11.6 Å². The Labute approximate surface area is 188 Å². The quantitative estimate of drug-likeness (QED) is 0.484. The maximum absolute atomic E-state index is 6.86. The number of imidazole rings is 1. The number of aryl methyl sites for hydroxylation is 1. The van der Waals surface area contributed by atoms with Crippen LogP contribution in [0.15, 0.2) is 47.5 Å². The van der Waals surface area contributed by atoms with Crippen molar-refractivity contribution in [3.05, 3.63) is 58.9 Å². The molecule has 0 spiro atoms. The molecule has 0 saturated carbocycles. The zero-order valence-electron chi connectivity index (χ0n) is 17.2. The minimum atomic E-state index is -0.536. The Bertz CT molecular complexity index is 1380. The number of anilines is 1. The number of rotatable bonds is 2. The van der Waals surface area contributed by atoms with Gasteiger partial charge in [0.05, 0.1) is 41.2 Å². The van der Waals surface area contributed by atoms with Gasteiger partial charge in [-0.3, -0.25) is 9.88 Å². The summed E-state index contributed by atoms with van der Waals surface area (Å²) in [6.07, 6.45) is 0.293. The van der Waals surface area contributed by atoms with E-state index in [1.54, 1.807) is 4.68 Å². The van der Waals surface area contributed by atoms with Gasteiger partial charge in [-0.1, -0.05) is 29.8 Å². The van der Waals surface area contributed by atoms with E-state index in [0.29, 0.717) is 35.8 Å². The third-order valence-corrected chi connectivity index (χ3v) is 5.98. The van der Waals surface area contributed by atoms with Crippen LogP contribution in [0.2, 0.25) is 5.15 Å². The summed E-state index contributed by atoms with van der Waals surface area (Å²) in [5.74, 6) is 2.19. The fraction of sp³-hybridized carbons (Fsp3) is 0.227. The normalized spacial score (nSPS) is 17.4. The molecule has 2 aliphatic heterocycles. The zero-order valence-corrected chi connectivity index (χ0v) is 18.0. The van der Waals surface area contributed by atoms with Crippen LogP contribution in [-0.2, 0) is 0 Å². The van der Waals surface area contributed by atoms with Crippen LogP contribution < -0.4 is 20.5 Å². The van der Waals surface area contributed by atoms with Crippen molar-refractivity contribution in [2.45, 2.75) is 19.5 Å². The van der Waals surface area contributed by atoms with E-state index in [1.165, 1.54) is 0 Å². The first kappa shape index (κ1) is 19.0. The molecule has 0 radical (unpaired) electrons. The third-order valence-electron chi connectivity index (χ3n) is 5.61. The van der Waals surface area contributed by atoms with Crippen molar-refractivity contribution in [3.63, 3.8) is 0 Å². The molecule has 0 amide bonds. The van der Waals surface area contributed by atoms with Gasteiger partial charge in [-0.05, 0) is 19.1 Å². The number of nitrogens with one attached hydrogen (secondary N) is 1. The topological polar surface area (TPSA) is 105 Å². The number of aromatic nitrogens is 4. The van der Waals surface area contributed by atoms with Crippen molar-refractivity contribution in [1.29, 1.82) is 0 Å². The summed E-state index contributed by atoms with van der Waals surface area (Å²) in [6.45, 7) is 3.12. The first-order valence-corrected chi connectivity index (χ1v) is 10.7. The molecule has 0 aliphatic carbocycles. The number of halogens is 1. The van der Waals surface area contributed by atoms with Gasteiger partial charge in [-0.15, -0.1) is 0 Å². The molecule has 1 atom stereocenters. The molecule has 6 rings (SSSR count). The molecule has 2 aromatic heterocycles. The molecule has 0 fully saturated rings. The highest BCUT2D eigenvalue weighted by molar-refractivity contribution is 6.30. The molecule has 4 aromatic rings. The lowest BCUT2D eigenvalue weighted by Gasteiger charge is -2.23. The molecule has 9 nitrogen and oxygen atoms in total. The van der Waals surface area contributed by atoms with Crippen molar-refractivity contribution in [2.24, 2.45) is 10.7 Å². The minimum Gasteiger partial charge on any atom is -0.489 e. The summed E-state index contributed by atoms with van der Waals surface area (Å²) in [7, 11) is 0. The summed E-state index contributed by atoms with van der Waals surface area (Å²) < 4.78 is 15.4. The van der Waals surface area contributed by atoms with Gasteiger partial charge >= 0.3 is 0 Å². The lowest BCUT2D eigenvalue weighted by Crippen LogP contribution is -2.31. The number of benzene rings is 2. The lowest BCUT2D eigenvalue weighted by molar-refractivity contribution is 0.297. The van der Waals surface area contributed by atoms with Crippen molar-refractivity contribution in [1.82, 2.24) is 19.3 Å². The number of nitrogens with zero attached hydrogens (tertiary/aromatic N) is 5. The van der Waals surface area contributed by atoms with Gasteiger partial charge in [0.2, 0.25) is 5.95 Å². The summed E-state index contributed by atoms with van der Waals surface area (Å²) in [4.78, 5) is 9.40. The van der Waals surface area contributed by atoms with E-state index in [1.807, 2.05) is 54.0 Å². The minimum absolute atomic E-state index is 0.259. The van der Waals surface area contributed by atoms with Gasteiger partial charge in [0.1, 0.15) is 5.15 Å². The standard InChI is InChI=1S/C22H20ClN7O2/c1-12-18(19(23)30(28-12)13-6-3-2-4-7-13)20-26-21(24)27-22-25-14-10-16-17(11-15(14)29(20)22)32-9-5-8-31-16/h2-4,6-7,10-11,20H,5,8-9H2,1H3,(H3,24,25,26,27). The first-order valence-electron chi connectivity index (χ1n) is 10.3. The molecule has 2 aromatic carbocycles. The van der Waals surface area contributed by atoms with Crippen LogP contribution in [-0.4, -0.2) is 38.5 Å². The molecule has 32 heavy (non-hydrogen) atoms. The van der Waals surface area contributed by atoms with Crippen LogP contribution in [0, 0.1) is 6.92 Å². The van der Waals surface area contributed by atoms with Gasteiger partial charge in [-0.2, -0.15) is 5.10 Å². The number of hydrogen-bond acceptors (Lipinski definition) is 7. The molecule has 0 saturated heterocycles. The van der Waals surface area contributed by atoms with Crippen LogP contribution in [0.25, 0.3) is 16.7 Å². The third kappa shape index (κ3) is 2.89. The Balaban J connectivity index is 1.55. The van der Waals surface area contributed by atoms with E-state index in [-0.39, 0.29) is 5.96 Å². The number of hydrogen-bond donors (Lipinski definition) is 2. The van der Waals surface area contributed by atoms with Gasteiger partial charge in [0, 0.05) is 18.6 Å². The smallest absolute Gasteiger partial charge is 0.212 e. The van der Waals surface area contributed by atoms with Crippen molar-refractivity contribution in [3.8, 4) is 17.2 Å². The zero-order chi connectivity index (χ0) is 21.8. The Kier molecular flexibility index (Phi) is 4.25. The fourth-order valence-electron chi connectivity index (χ4n) is 4.16. The average molecular weight is 450 g/mol. The van der Waals surface area contributed by atoms with Gasteiger partial charge in [0.15, 0.2) is 23.6 Å². The molecular formula is C22H20ClN7O2. The van der Waals surface area contributed by atoms with Gasteiger partial charge in [0.25, 0.3) is 0 Å². The van der Waals surface area contributed by atoms with Crippen molar-refractivity contribution in [2.75, 3.05) is 18.5 Å². The monoisotopic (exact) mass is 449 g/mol. The number of fused-ring (bicyclic) bond motifs is 4. The van der Waals surface area contributed by atoms with E-state index in [4.69, 9.17) is 31.8 Å². The van der Waals surface area contributed by atoms with Crippen molar-refractivity contribution >= 4 is 34.5 Å². The van der Waals surface area contributed by atoms with Gasteiger partial charge < -0.3 is 15.2 Å². The Hall–Kier alpha value is -3.72. The molecule has 2 aliphatic rings. The number of aliphatic imine (C=N–C) groups is 1. The average Bonchev–Trinajstić information content (AvgIpc) is 3.17. The van der Waals surface area contributed by atoms with E-state index in [0.717, 1.165) is 34.4 Å². The van der Waals surface area contributed by atoms with E-state index < -0.39 is 6.17 Å². The second-order valence-electron chi connectivity index (χ2n) is 7.69. The second kappa shape index (κ2) is 7.16. The highest BCUT2D eigenvalue weighted by Gasteiger charge is 2.31. The molecule has 10 heteroatoms. The van der Waals surface area contributed by atoms with Gasteiger partial charge in [-0.25, -0.2) is 14.7 Å². The van der Waals surface area contributed by atoms with Crippen LogP contribution in [0.5, 0.6) is 11.5 Å². The predicted molar refractivity (Wildman–Crippen MR) is 122 cm³/mol. The Morgan fingerprint density at radius 2 is 1.88 bits per heavy atom. The summed E-state index contributed by atoms with van der Waals surface area (Å²) >= 11 is 6.86.